The molecule has 6 heteroatoms. The predicted octanol–water partition coefficient (Wildman–Crippen LogP) is 3.42. The summed E-state index contributed by atoms with van der Waals surface area (Å²) in [4.78, 5) is 4.76. The van der Waals surface area contributed by atoms with Gasteiger partial charge < -0.3 is 4.40 Å². The molecular weight excluding hydrogens is 346 g/mol. The lowest BCUT2D eigenvalue weighted by atomic mass is 9.92. The standard InChI is InChI=1S/C20H23N3O2S/c1-2-22(15-18-14-21-20-9-5-6-12-23(18)20)26(24,25)19-11-10-16-7-3-4-8-17(16)13-19/h5-6,9-14H,2-4,7-8,15H2,1H3. The SMILES string of the molecule is CCN(Cc1cnc2ccccn12)S(=O)(=O)c1ccc2c(c1)CCCC2. The number of nitrogens with zero attached hydrogens (tertiary/aromatic N) is 3. The Morgan fingerprint density at radius 3 is 2.73 bits per heavy atom. The van der Waals surface area contributed by atoms with Crippen LogP contribution in [-0.4, -0.2) is 28.7 Å². The van der Waals surface area contributed by atoms with Crippen LogP contribution >= 0.6 is 0 Å². The average Bonchev–Trinajstić information content (AvgIpc) is 3.08. The van der Waals surface area contributed by atoms with Crippen LogP contribution in [0, 0.1) is 0 Å². The summed E-state index contributed by atoms with van der Waals surface area (Å²) in [5, 5.41) is 0. The smallest absolute Gasteiger partial charge is 0.243 e. The van der Waals surface area contributed by atoms with Gasteiger partial charge >= 0.3 is 0 Å². The summed E-state index contributed by atoms with van der Waals surface area (Å²) >= 11 is 0. The van der Waals surface area contributed by atoms with E-state index in [0.29, 0.717) is 18.0 Å². The minimum Gasteiger partial charge on any atom is -0.303 e. The monoisotopic (exact) mass is 369 g/mol. The molecular formula is C20H23N3O2S. The van der Waals surface area contributed by atoms with E-state index < -0.39 is 10.0 Å². The number of benzene rings is 1. The lowest BCUT2D eigenvalue weighted by Crippen LogP contribution is -2.31. The number of sulfonamides is 1. The molecule has 0 aliphatic heterocycles. The Balaban J connectivity index is 1.67. The molecule has 136 valence electrons. The second kappa shape index (κ2) is 6.85. The zero-order chi connectivity index (χ0) is 18.1. The fraction of sp³-hybridized carbons (Fsp3) is 0.350. The van der Waals surface area contributed by atoms with Crippen molar-refractivity contribution in [1.82, 2.24) is 13.7 Å². The van der Waals surface area contributed by atoms with E-state index in [4.69, 9.17) is 0 Å². The van der Waals surface area contributed by atoms with Gasteiger partial charge in [-0.05, 0) is 61.1 Å². The highest BCUT2D eigenvalue weighted by molar-refractivity contribution is 7.89. The number of aryl methyl sites for hydroxylation is 2. The number of aromatic nitrogens is 2. The molecule has 0 fully saturated rings. The number of hydrogen-bond acceptors (Lipinski definition) is 3. The van der Waals surface area contributed by atoms with Crippen LogP contribution in [0.2, 0.25) is 0 Å². The van der Waals surface area contributed by atoms with E-state index in [1.807, 2.05) is 47.9 Å². The van der Waals surface area contributed by atoms with Crippen LogP contribution in [0.15, 0.2) is 53.7 Å². The van der Waals surface area contributed by atoms with Gasteiger partial charge in [-0.2, -0.15) is 4.31 Å². The van der Waals surface area contributed by atoms with E-state index in [1.165, 1.54) is 21.9 Å². The maximum absolute atomic E-state index is 13.2. The molecule has 3 aromatic rings. The first-order valence-corrected chi connectivity index (χ1v) is 10.6. The Bertz CT molecular complexity index is 1040. The molecule has 0 saturated carbocycles. The molecule has 0 unspecified atom stereocenters. The first-order valence-electron chi connectivity index (χ1n) is 9.12. The number of fused-ring (bicyclic) bond motifs is 2. The van der Waals surface area contributed by atoms with Gasteiger partial charge in [0.2, 0.25) is 10.0 Å². The molecule has 0 radical (unpaired) electrons. The number of pyridine rings is 1. The number of imidazole rings is 1. The molecule has 5 nitrogen and oxygen atoms in total. The van der Waals surface area contributed by atoms with Crippen LogP contribution in [-0.2, 0) is 29.4 Å². The van der Waals surface area contributed by atoms with E-state index in [9.17, 15) is 8.42 Å². The topological polar surface area (TPSA) is 54.7 Å². The van der Waals surface area contributed by atoms with Crippen molar-refractivity contribution in [2.45, 2.75) is 44.0 Å². The van der Waals surface area contributed by atoms with Gasteiger partial charge in [-0.1, -0.05) is 19.1 Å². The van der Waals surface area contributed by atoms with Crippen molar-refractivity contribution >= 4 is 15.7 Å². The minimum atomic E-state index is -3.54. The van der Waals surface area contributed by atoms with Gasteiger partial charge in [-0.15, -0.1) is 0 Å². The van der Waals surface area contributed by atoms with E-state index >= 15 is 0 Å². The van der Waals surface area contributed by atoms with Crippen molar-refractivity contribution < 1.29 is 8.42 Å². The van der Waals surface area contributed by atoms with Crippen LogP contribution in [0.3, 0.4) is 0 Å². The first-order chi connectivity index (χ1) is 12.6. The number of hydrogen-bond donors (Lipinski definition) is 0. The van der Waals surface area contributed by atoms with E-state index in [1.54, 1.807) is 12.3 Å². The maximum atomic E-state index is 13.2. The van der Waals surface area contributed by atoms with Crippen LogP contribution in [0.1, 0.15) is 36.6 Å². The molecule has 0 spiro atoms. The Kier molecular flexibility index (Phi) is 4.54. The second-order valence-corrected chi connectivity index (χ2v) is 8.69. The third-order valence-corrected chi connectivity index (χ3v) is 7.06. The second-order valence-electron chi connectivity index (χ2n) is 6.75. The highest BCUT2D eigenvalue weighted by Gasteiger charge is 2.25. The van der Waals surface area contributed by atoms with E-state index in [2.05, 4.69) is 4.98 Å². The molecule has 0 saturated heterocycles. The summed E-state index contributed by atoms with van der Waals surface area (Å²) in [5.74, 6) is 0. The average molecular weight is 369 g/mol. The molecule has 2 aromatic heterocycles. The Hall–Kier alpha value is -2.18. The van der Waals surface area contributed by atoms with Crippen molar-refractivity contribution in [1.29, 1.82) is 0 Å². The van der Waals surface area contributed by atoms with Crippen molar-refractivity contribution in [2.24, 2.45) is 0 Å². The minimum absolute atomic E-state index is 0.307. The van der Waals surface area contributed by atoms with E-state index in [0.717, 1.165) is 30.6 Å². The van der Waals surface area contributed by atoms with Crippen LogP contribution < -0.4 is 0 Å². The first kappa shape index (κ1) is 17.2. The van der Waals surface area contributed by atoms with Gasteiger partial charge in [0.25, 0.3) is 0 Å². The molecule has 26 heavy (non-hydrogen) atoms. The summed E-state index contributed by atoms with van der Waals surface area (Å²) in [6.45, 7) is 2.60. The fourth-order valence-electron chi connectivity index (χ4n) is 3.67. The van der Waals surface area contributed by atoms with Gasteiger partial charge in [0.15, 0.2) is 0 Å². The van der Waals surface area contributed by atoms with Gasteiger partial charge in [-0.3, -0.25) is 0 Å². The maximum Gasteiger partial charge on any atom is 0.243 e. The van der Waals surface area contributed by atoms with Gasteiger partial charge in [0.1, 0.15) is 5.65 Å². The van der Waals surface area contributed by atoms with Crippen LogP contribution in [0.5, 0.6) is 0 Å². The Morgan fingerprint density at radius 1 is 1.12 bits per heavy atom. The van der Waals surface area contributed by atoms with Crippen molar-refractivity contribution in [3.05, 3.63) is 65.6 Å². The van der Waals surface area contributed by atoms with Gasteiger partial charge in [0, 0.05) is 12.7 Å². The molecule has 2 heterocycles. The van der Waals surface area contributed by atoms with Crippen LogP contribution in [0.25, 0.3) is 5.65 Å². The summed E-state index contributed by atoms with van der Waals surface area (Å²) in [7, 11) is -3.54. The summed E-state index contributed by atoms with van der Waals surface area (Å²) in [6.07, 6.45) is 8.01. The Morgan fingerprint density at radius 2 is 1.92 bits per heavy atom. The van der Waals surface area contributed by atoms with Crippen molar-refractivity contribution in [2.75, 3.05) is 6.54 Å². The van der Waals surface area contributed by atoms with Gasteiger partial charge in [-0.25, -0.2) is 13.4 Å². The number of rotatable bonds is 5. The quantitative estimate of drug-likeness (QED) is 0.692. The molecule has 0 atom stereocenters. The summed E-state index contributed by atoms with van der Waals surface area (Å²) in [6, 6.07) is 11.4. The summed E-state index contributed by atoms with van der Waals surface area (Å²) < 4.78 is 29.9. The normalized spacial score (nSPS) is 14.7. The molecule has 0 bridgehead atoms. The van der Waals surface area contributed by atoms with Crippen molar-refractivity contribution in [3.63, 3.8) is 0 Å². The highest BCUT2D eigenvalue weighted by atomic mass is 32.2. The molecule has 1 aliphatic carbocycles. The van der Waals surface area contributed by atoms with Gasteiger partial charge in [0.05, 0.1) is 23.3 Å². The largest absolute Gasteiger partial charge is 0.303 e. The molecule has 1 aromatic carbocycles. The molecule has 0 N–H and O–H groups in total. The lowest BCUT2D eigenvalue weighted by Gasteiger charge is -2.22. The zero-order valence-electron chi connectivity index (χ0n) is 14.9. The third kappa shape index (κ3) is 3.04. The van der Waals surface area contributed by atoms with Crippen molar-refractivity contribution in [3.8, 4) is 0 Å². The lowest BCUT2D eigenvalue weighted by molar-refractivity contribution is 0.418. The predicted molar refractivity (Wildman–Crippen MR) is 102 cm³/mol. The highest BCUT2D eigenvalue weighted by Crippen LogP contribution is 2.26. The molecule has 0 amide bonds. The Labute approximate surface area is 154 Å². The fourth-order valence-corrected chi connectivity index (χ4v) is 5.14. The third-order valence-electron chi connectivity index (χ3n) is 5.14. The molecule has 4 rings (SSSR count). The summed E-state index contributed by atoms with van der Waals surface area (Å²) in [5.41, 5.74) is 4.16. The van der Waals surface area contributed by atoms with Crippen LogP contribution in [0.4, 0.5) is 0 Å². The zero-order valence-corrected chi connectivity index (χ0v) is 15.7. The molecule has 1 aliphatic rings. The van der Waals surface area contributed by atoms with E-state index in [-0.39, 0.29) is 0 Å².